The largest absolute Gasteiger partial charge is 0.491 e. The molecule has 1 aromatic rings. The number of nitriles is 1. The molecule has 2 heterocycles. The Bertz CT molecular complexity index is 368. The molecule has 0 saturated carbocycles. The summed E-state index contributed by atoms with van der Waals surface area (Å²) >= 11 is 0. The van der Waals surface area contributed by atoms with Crippen LogP contribution in [0.1, 0.15) is 30.5 Å². The first-order valence-electron chi connectivity index (χ1n) is 4.38. The summed E-state index contributed by atoms with van der Waals surface area (Å²) < 4.78 is 5.43. The predicted molar refractivity (Wildman–Crippen MR) is 47.5 cm³/mol. The SMILES string of the molecule is CCC1COc2cc(C#N)cnc21. The number of rotatable bonds is 1. The second-order valence-corrected chi connectivity index (χ2v) is 3.14. The molecule has 1 aliphatic rings. The lowest BCUT2D eigenvalue weighted by Crippen LogP contribution is -1.99. The van der Waals surface area contributed by atoms with Crippen LogP contribution in [0.25, 0.3) is 0 Å². The van der Waals surface area contributed by atoms with Crippen LogP contribution in [0.4, 0.5) is 0 Å². The van der Waals surface area contributed by atoms with Crippen molar-refractivity contribution in [2.24, 2.45) is 0 Å². The zero-order chi connectivity index (χ0) is 9.26. The van der Waals surface area contributed by atoms with E-state index in [1.807, 2.05) is 6.07 Å². The maximum absolute atomic E-state index is 8.65. The number of hydrogen-bond donors (Lipinski definition) is 0. The summed E-state index contributed by atoms with van der Waals surface area (Å²) in [7, 11) is 0. The third kappa shape index (κ3) is 1.25. The second kappa shape index (κ2) is 3.06. The molecule has 3 heteroatoms. The van der Waals surface area contributed by atoms with Crippen LogP contribution >= 0.6 is 0 Å². The van der Waals surface area contributed by atoms with Gasteiger partial charge in [0.15, 0.2) is 0 Å². The van der Waals surface area contributed by atoms with Gasteiger partial charge in [-0.3, -0.25) is 4.98 Å². The van der Waals surface area contributed by atoms with Crippen molar-refractivity contribution in [1.29, 1.82) is 5.26 Å². The Morgan fingerprint density at radius 2 is 2.62 bits per heavy atom. The van der Waals surface area contributed by atoms with E-state index in [1.54, 1.807) is 12.3 Å². The van der Waals surface area contributed by atoms with Crippen LogP contribution in [0.2, 0.25) is 0 Å². The minimum atomic E-state index is 0.405. The average molecular weight is 174 g/mol. The summed E-state index contributed by atoms with van der Waals surface area (Å²) in [6.07, 6.45) is 2.64. The van der Waals surface area contributed by atoms with Crippen molar-refractivity contribution in [1.82, 2.24) is 4.98 Å². The van der Waals surface area contributed by atoms with Crippen molar-refractivity contribution < 1.29 is 4.74 Å². The lowest BCUT2D eigenvalue weighted by molar-refractivity contribution is 0.328. The number of aromatic nitrogens is 1. The molecule has 0 fully saturated rings. The first-order valence-corrected chi connectivity index (χ1v) is 4.38. The molecule has 0 radical (unpaired) electrons. The fourth-order valence-corrected chi connectivity index (χ4v) is 1.52. The van der Waals surface area contributed by atoms with Gasteiger partial charge in [-0.05, 0) is 6.42 Å². The number of ether oxygens (including phenoxy) is 1. The van der Waals surface area contributed by atoms with Crippen molar-refractivity contribution in [3.8, 4) is 11.8 Å². The van der Waals surface area contributed by atoms with Gasteiger partial charge >= 0.3 is 0 Å². The number of fused-ring (bicyclic) bond motifs is 1. The third-order valence-corrected chi connectivity index (χ3v) is 2.33. The Kier molecular flexibility index (Phi) is 1.90. The van der Waals surface area contributed by atoms with Crippen molar-refractivity contribution in [3.63, 3.8) is 0 Å². The highest BCUT2D eigenvalue weighted by atomic mass is 16.5. The molecule has 0 N–H and O–H groups in total. The van der Waals surface area contributed by atoms with Crippen LogP contribution in [-0.4, -0.2) is 11.6 Å². The molecular weight excluding hydrogens is 164 g/mol. The summed E-state index contributed by atoms with van der Waals surface area (Å²) in [6.45, 7) is 2.82. The van der Waals surface area contributed by atoms with Gasteiger partial charge in [0.25, 0.3) is 0 Å². The molecule has 0 saturated heterocycles. The van der Waals surface area contributed by atoms with Gasteiger partial charge in [0.2, 0.25) is 0 Å². The Morgan fingerprint density at radius 3 is 3.31 bits per heavy atom. The summed E-state index contributed by atoms with van der Waals surface area (Å²) in [5.41, 5.74) is 1.57. The molecule has 1 aromatic heterocycles. The zero-order valence-corrected chi connectivity index (χ0v) is 7.45. The smallest absolute Gasteiger partial charge is 0.142 e. The zero-order valence-electron chi connectivity index (χ0n) is 7.45. The standard InChI is InChI=1S/C10H10N2O/c1-2-8-6-13-9-3-7(4-11)5-12-10(8)9/h3,5,8H,2,6H2,1H3. The van der Waals surface area contributed by atoms with Gasteiger partial charge in [0, 0.05) is 18.2 Å². The number of nitrogens with zero attached hydrogens (tertiary/aromatic N) is 2. The van der Waals surface area contributed by atoms with Gasteiger partial charge < -0.3 is 4.74 Å². The summed E-state index contributed by atoms with van der Waals surface area (Å²) in [4.78, 5) is 4.23. The first kappa shape index (κ1) is 8.06. The molecule has 66 valence electrons. The van der Waals surface area contributed by atoms with E-state index in [-0.39, 0.29) is 0 Å². The Morgan fingerprint density at radius 1 is 1.77 bits per heavy atom. The quantitative estimate of drug-likeness (QED) is 0.652. The van der Waals surface area contributed by atoms with Crippen molar-refractivity contribution in [3.05, 3.63) is 23.5 Å². The molecule has 0 aliphatic carbocycles. The molecule has 13 heavy (non-hydrogen) atoms. The monoisotopic (exact) mass is 174 g/mol. The minimum absolute atomic E-state index is 0.405. The summed E-state index contributed by atoms with van der Waals surface area (Å²) in [6, 6.07) is 3.81. The van der Waals surface area contributed by atoms with E-state index in [4.69, 9.17) is 10.00 Å². The third-order valence-electron chi connectivity index (χ3n) is 2.33. The van der Waals surface area contributed by atoms with Gasteiger partial charge in [0.1, 0.15) is 11.8 Å². The highest BCUT2D eigenvalue weighted by Crippen LogP contribution is 2.34. The lowest BCUT2D eigenvalue weighted by atomic mass is 10.0. The van der Waals surface area contributed by atoms with Gasteiger partial charge in [0.05, 0.1) is 17.9 Å². The van der Waals surface area contributed by atoms with Gasteiger partial charge in [-0.2, -0.15) is 5.26 Å². The van der Waals surface area contributed by atoms with Crippen molar-refractivity contribution in [2.75, 3.05) is 6.61 Å². The normalized spacial score (nSPS) is 18.9. The van der Waals surface area contributed by atoms with E-state index in [2.05, 4.69) is 11.9 Å². The van der Waals surface area contributed by atoms with E-state index >= 15 is 0 Å². The van der Waals surface area contributed by atoms with Crippen LogP contribution < -0.4 is 4.74 Å². The fraction of sp³-hybridized carbons (Fsp3) is 0.400. The lowest BCUT2D eigenvalue weighted by Gasteiger charge is -2.01. The molecular formula is C10H10N2O. The van der Waals surface area contributed by atoms with Gasteiger partial charge in [-0.1, -0.05) is 6.92 Å². The molecule has 1 atom stereocenters. The molecule has 1 aliphatic heterocycles. The molecule has 3 nitrogen and oxygen atoms in total. The highest BCUT2D eigenvalue weighted by Gasteiger charge is 2.24. The minimum Gasteiger partial charge on any atom is -0.491 e. The van der Waals surface area contributed by atoms with Gasteiger partial charge in [-0.25, -0.2) is 0 Å². The van der Waals surface area contributed by atoms with Crippen molar-refractivity contribution >= 4 is 0 Å². The molecule has 0 amide bonds. The maximum Gasteiger partial charge on any atom is 0.142 e. The summed E-state index contributed by atoms with van der Waals surface area (Å²) in [5.74, 6) is 1.19. The predicted octanol–water partition coefficient (Wildman–Crippen LogP) is 1.84. The Balaban J connectivity index is 2.41. The highest BCUT2D eigenvalue weighted by molar-refractivity contribution is 5.41. The van der Waals surface area contributed by atoms with E-state index in [0.717, 1.165) is 17.9 Å². The Hall–Kier alpha value is -1.56. The molecule has 0 bridgehead atoms. The van der Waals surface area contributed by atoms with Crippen LogP contribution in [0.3, 0.4) is 0 Å². The van der Waals surface area contributed by atoms with Crippen LogP contribution in [0.15, 0.2) is 12.3 Å². The average Bonchev–Trinajstić information content (AvgIpc) is 2.59. The van der Waals surface area contributed by atoms with Crippen LogP contribution in [0.5, 0.6) is 5.75 Å². The fourth-order valence-electron chi connectivity index (χ4n) is 1.52. The van der Waals surface area contributed by atoms with E-state index in [0.29, 0.717) is 18.1 Å². The van der Waals surface area contributed by atoms with Crippen molar-refractivity contribution in [2.45, 2.75) is 19.3 Å². The van der Waals surface area contributed by atoms with Crippen LogP contribution in [-0.2, 0) is 0 Å². The second-order valence-electron chi connectivity index (χ2n) is 3.14. The first-order chi connectivity index (χ1) is 6.35. The number of pyridine rings is 1. The molecule has 0 spiro atoms. The summed E-state index contributed by atoms with van der Waals surface area (Å²) in [5, 5.41) is 8.65. The van der Waals surface area contributed by atoms with E-state index in [1.165, 1.54) is 0 Å². The Labute approximate surface area is 77.0 Å². The topological polar surface area (TPSA) is 45.9 Å². The van der Waals surface area contributed by atoms with E-state index < -0.39 is 0 Å². The maximum atomic E-state index is 8.65. The van der Waals surface area contributed by atoms with Gasteiger partial charge in [-0.15, -0.1) is 0 Å². The molecule has 2 rings (SSSR count). The molecule has 1 unspecified atom stereocenters. The molecule has 0 aromatic carbocycles. The van der Waals surface area contributed by atoms with Crippen LogP contribution in [0, 0.1) is 11.3 Å². The van der Waals surface area contributed by atoms with E-state index in [9.17, 15) is 0 Å². The number of hydrogen-bond acceptors (Lipinski definition) is 3.